The molecule has 0 bridgehead atoms. The molecule has 0 unspecified atom stereocenters. The minimum absolute atomic E-state index is 0.0278. The lowest BCUT2D eigenvalue weighted by Crippen LogP contribution is -2.54. The number of nitrogens with two attached hydrogens (primary N) is 2. The standard InChI is InChI=1S/C45H52FN9O9/c1-4-45(63)29-17-34-41-27(21-55(34)42(60)28(29)23-64-44(45)62)40-31(11-10-26-24(2)30(46)18-32(52-41)39(26)40)50-36(57)12-13-53(3)14-15-54(22-35(48)56)43(61)33(16-25-8-6-5-7-9-25)51-38(59)20-49-37(58)19-47/h5-9,17-18,31,33,63H,4,10-16,19-23,47H2,1-3H3,(H2,48,56)(H,49,58)(H,50,57)(H,51,59)/t31-,33-,45-/m0/s1. The third-order valence-corrected chi connectivity index (χ3v) is 12.4. The Kier molecular flexibility index (Phi) is 13.2. The van der Waals surface area contributed by atoms with Crippen molar-refractivity contribution in [3.05, 3.63) is 97.6 Å². The Morgan fingerprint density at radius 3 is 2.50 bits per heavy atom. The number of cyclic esters (lactones) is 1. The monoisotopic (exact) mass is 881 g/mol. The van der Waals surface area contributed by atoms with Crippen LogP contribution in [0.3, 0.4) is 0 Å². The van der Waals surface area contributed by atoms with Crippen LogP contribution in [0.5, 0.6) is 0 Å². The molecule has 338 valence electrons. The van der Waals surface area contributed by atoms with E-state index in [1.807, 2.05) is 11.0 Å². The molecule has 0 radical (unpaired) electrons. The van der Waals surface area contributed by atoms with Gasteiger partial charge in [0.15, 0.2) is 5.60 Å². The fourth-order valence-corrected chi connectivity index (χ4v) is 8.88. The summed E-state index contributed by atoms with van der Waals surface area (Å²) in [5.41, 5.74) is 13.2. The second-order valence-electron chi connectivity index (χ2n) is 16.5. The number of primary amides is 1. The number of amides is 5. The molecular weight excluding hydrogens is 830 g/mol. The van der Waals surface area contributed by atoms with Crippen molar-refractivity contribution in [3.63, 3.8) is 0 Å². The molecular formula is C45H52FN9O9. The minimum atomic E-state index is -2.03. The molecule has 2 aromatic heterocycles. The Morgan fingerprint density at radius 2 is 1.80 bits per heavy atom. The van der Waals surface area contributed by atoms with Gasteiger partial charge in [0.2, 0.25) is 29.5 Å². The van der Waals surface area contributed by atoms with Gasteiger partial charge in [0.1, 0.15) is 18.5 Å². The summed E-state index contributed by atoms with van der Waals surface area (Å²) in [5, 5.41) is 20.3. The van der Waals surface area contributed by atoms with Crippen LogP contribution >= 0.6 is 0 Å². The number of aromatic nitrogens is 2. The lowest BCUT2D eigenvalue weighted by molar-refractivity contribution is -0.172. The molecule has 0 fully saturated rings. The highest BCUT2D eigenvalue weighted by molar-refractivity contribution is 5.94. The molecule has 2 aliphatic heterocycles. The number of carbonyl (C=O) groups excluding carboxylic acids is 6. The number of hydrogen-bond donors (Lipinski definition) is 6. The number of benzene rings is 2. The molecule has 8 N–H and O–H groups in total. The van der Waals surface area contributed by atoms with E-state index in [1.54, 1.807) is 51.2 Å². The molecule has 3 aliphatic rings. The number of nitrogens with zero attached hydrogens (tertiary/aromatic N) is 4. The zero-order valence-electron chi connectivity index (χ0n) is 35.9. The third kappa shape index (κ3) is 8.95. The summed E-state index contributed by atoms with van der Waals surface area (Å²) in [5.74, 6) is -4.08. The van der Waals surface area contributed by atoms with Gasteiger partial charge in [-0.3, -0.25) is 28.8 Å². The van der Waals surface area contributed by atoms with Crippen LogP contribution in [0.15, 0.2) is 47.3 Å². The number of esters is 1. The highest BCUT2D eigenvalue weighted by atomic mass is 19.1. The highest BCUT2D eigenvalue weighted by Gasteiger charge is 2.46. The van der Waals surface area contributed by atoms with Crippen molar-refractivity contribution in [2.24, 2.45) is 11.5 Å². The number of halogens is 1. The van der Waals surface area contributed by atoms with Crippen molar-refractivity contribution >= 4 is 46.4 Å². The number of ether oxygens (including phenoxy) is 1. The van der Waals surface area contributed by atoms with E-state index in [0.29, 0.717) is 46.3 Å². The van der Waals surface area contributed by atoms with Crippen LogP contribution in [-0.4, -0.2) is 112 Å². The van der Waals surface area contributed by atoms with Crippen LogP contribution in [0.4, 0.5) is 4.39 Å². The van der Waals surface area contributed by atoms with E-state index >= 15 is 4.39 Å². The molecule has 4 aromatic rings. The number of rotatable bonds is 17. The van der Waals surface area contributed by atoms with Gasteiger partial charge in [0, 0.05) is 55.1 Å². The SMILES string of the molecule is CC[C@@]1(O)C(=O)OCc2c1cc1n(c2=O)Cc2c-1nc1cc(F)c(C)c3c1c2[C@@H](NC(=O)CCN(C)CCN(CC(N)=O)C(=O)[C@H](Cc1ccccc1)NC(=O)CNC(=O)CN)CC3. The highest BCUT2D eigenvalue weighted by Crippen LogP contribution is 2.46. The fraction of sp³-hybridized carbons (Fsp3) is 0.422. The summed E-state index contributed by atoms with van der Waals surface area (Å²) in [6, 6.07) is 10.3. The number of hydrogen-bond acceptors (Lipinski definition) is 12. The van der Waals surface area contributed by atoms with E-state index in [-0.39, 0.29) is 75.6 Å². The van der Waals surface area contributed by atoms with Crippen molar-refractivity contribution in [1.29, 1.82) is 0 Å². The first-order valence-electron chi connectivity index (χ1n) is 21.2. The Morgan fingerprint density at radius 1 is 1.05 bits per heavy atom. The largest absolute Gasteiger partial charge is 0.458 e. The second-order valence-corrected chi connectivity index (χ2v) is 16.5. The van der Waals surface area contributed by atoms with E-state index in [1.165, 1.54) is 15.5 Å². The quantitative estimate of drug-likeness (QED) is 0.0679. The van der Waals surface area contributed by atoms with Crippen LogP contribution in [0.2, 0.25) is 0 Å². The first-order chi connectivity index (χ1) is 30.5. The van der Waals surface area contributed by atoms with Gasteiger partial charge >= 0.3 is 5.97 Å². The summed E-state index contributed by atoms with van der Waals surface area (Å²) >= 11 is 0. The molecule has 4 heterocycles. The number of aliphatic hydroxyl groups is 1. The molecule has 64 heavy (non-hydrogen) atoms. The number of fused-ring (bicyclic) bond motifs is 5. The summed E-state index contributed by atoms with van der Waals surface area (Å²) in [6.45, 7) is 2.48. The Labute approximate surface area is 367 Å². The molecule has 1 aliphatic carbocycles. The molecule has 5 amide bonds. The first-order valence-corrected chi connectivity index (χ1v) is 21.2. The fourth-order valence-electron chi connectivity index (χ4n) is 8.88. The van der Waals surface area contributed by atoms with Crippen LogP contribution in [0, 0.1) is 12.7 Å². The van der Waals surface area contributed by atoms with Gasteiger partial charge in [0.25, 0.3) is 5.56 Å². The lowest BCUT2D eigenvalue weighted by Gasteiger charge is -2.31. The van der Waals surface area contributed by atoms with E-state index in [9.17, 15) is 38.7 Å². The smallest absolute Gasteiger partial charge is 0.343 e. The average Bonchev–Trinajstić information content (AvgIpc) is 3.65. The molecule has 0 saturated heterocycles. The molecule has 18 nitrogen and oxygen atoms in total. The van der Waals surface area contributed by atoms with Crippen molar-refractivity contribution < 1.29 is 43.0 Å². The molecule has 19 heteroatoms. The average molecular weight is 882 g/mol. The predicted molar refractivity (Wildman–Crippen MR) is 230 cm³/mol. The maximum absolute atomic E-state index is 15.4. The van der Waals surface area contributed by atoms with Crippen LogP contribution in [0.25, 0.3) is 22.3 Å². The van der Waals surface area contributed by atoms with Gasteiger partial charge in [-0.25, -0.2) is 14.2 Å². The summed E-state index contributed by atoms with van der Waals surface area (Å²) in [6.07, 6.45) is 1.01. The van der Waals surface area contributed by atoms with Gasteiger partial charge in [-0.2, -0.15) is 0 Å². The van der Waals surface area contributed by atoms with Crippen LogP contribution in [0.1, 0.15) is 71.2 Å². The molecule has 3 atom stereocenters. The van der Waals surface area contributed by atoms with E-state index in [4.69, 9.17) is 21.2 Å². The second kappa shape index (κ2) is 18.6. The Hall–Kier alpha value is -6.57. The first kappa shape index (κ1) is 45.5. The molecule has 0 spiro atoms. The van der Waals surface area contributed by atoms with Crippen molar-refractivity contribution in [2.75, 3.05) is 46.3 Å². The number of pyridine rings is 2. The molecule has 2 aromatic carbocycles. The zero-order chi connectivity index (χ0) is 46.0. The van der Waals surface area contributed by atoms with Crippen molar-refractivity contribution in [2.45, 2.75) is 76.8 Å². The van der Waals surface area contributed by atoms with Crippen LogP contribution < -0.4 is 33.0 Å². The van der Waals surface area contributed by atoms with E-state index in [0.717, 1.165) is 16.7 Å². The van der Waals surface area contributed by atoms with Crippen LogP contribution in [-0.2, 0) is 65.1 Å². The maximum atomic E-state index is 15.4. The summed E-state index contributed by atoms with van der Waals surface area (Å²) in [4.78, 5) is 99.0. The Balaban J connectivity index is 1.07. The van der Waals surface area contributed by atoms with Crippen molar-refractivity contribution in [1.82, 2.24) is 35.3 Å². The number of carbonyl (C=O) groups is 6. The van der Waals surface area contributed by atoms with E-state index in [2.05, 4.69) is 16.0 Å². The minimum Gasteiger partial charge on any atom is -0.458 e. The molecule has 0 saturated carbocycles. The summed E-state index contributed by atoms with van der Waals surface area (Å²) in [7, 11) is 1.75. The van der Waals surface area contributed by atoms with Gasteiger partial charge in [-0.05, 0) is 61.6 Å². The maximum Gasteiger partial charge on any atom is 0.343 e. The van der Waals surface area contributed by atoms with Gasteiger partial charge in [-0.1, -0.05) is 37.3 Å². The predicted octanol–water partition coefficient (Wildman–Crippen LogP) is 0.0688. The molecule has 7 rings (SSSR count). The van der Waals surface area contributed by atoms with Gasteiger partial charge in [0.05, 0.1) is 54.7 Å². The number of aryl methyl sites for hydroxylation is 1. The Bertz CT molecular complexity index is 2620. The third-order valence-electron chi connectivity index (χ3n) is 12.4. The normalized spacial score (nSPS) is 17.5. The topological polar surface area (TPSA) is 261 Å². The van der Waals surface area contributed by atoms with Crippen molar-refractivity contribution in [3.8, 4) is 11.4 Å². The van der Waals surface area contributed by atoms with E-state index < -0.39 is 71.7 Å². The van der Waals surface area contributed by atoms with Gasteiger partial charge in [-0.15, -0.1) is 0 Å². The zero-order valence-corrected chi connectivity index (χ0v) is 35.9. The lowest BCUT2D eigenvalue weighted by atomic mass is 9.81. The summed E-state index contributed by atoms with van der Waals surface area (Å²) < 4.78 is 22.1. The number of likely N-dealkylation sites (N-methyl/N-ethyl adjacent to an activating group) is 1. The number of nitrogens with one attached hydrogen (secondary N) is 3. The van der Waals surface area contributed by atoms with Gasteiger partial charge < -0.3 is 51.6 Å².